The number of Topliss-reactive ketones (excluding diaryl/α,β-unsaturated/α-hetero) is 1. The van der Waals surface area contributed by atoms with Crippen LogP contribution in [0.1, 0.15) is 72.5 Å². The first kappa shape index (κ1) is 26.4. The second-order valence-electron chi connectivity index (χ2n) is 10.6. The van der Waals surface area contributed by atoms with Crippen molar-refractivity contribution < 1.29 is 13.2 Å². The normalized spacial score (nSPS) is 18.9. The number of nitrogens with one attached hydrogen (secondary N) is 1. The van der Waals surface area contributed by atoms with Crippen LogP contribution in [0.5, 0.6) is 0 Å². The van der Waals surface area contributed by atoms with Gasteiger partial charge >= 0.3 is 0 Å². The molecule has 1 saturated carbocycles. The van der Waals surface area contributed by atoms with E-state index in [0.29, 0.717) is 40.8 Å². The van der Waals surface area contributed by atoms with Gasteiger partial charge in [0.15, 0.2) is 5.78 Å². The van der Waals surface area contributed by atoms with Crippen LogP contribution < -0.4 is 10.9 Å². The fourth-order valence-corrected chi connectivity index (χ4v) is 6.34. The van der Waals surface area contributed by atoms with E-state index in [9.17, 15) is 18.0 Å². The fraction of sp³-hybridized carbons (Fsp3) is 0.519. The molecule has 1 aliphatic carbocycles. The van der Waals surface area contributed by atoms with E-state index < -0.39 is 9.84 Å². The fourth-order valence-electron chi connectivity index (χ4n) is 5.75. The van der Waals surface area contributed by atoms with Crippen LogP contribution in [0.15, 0.2) is 29.3 Å². The van der Waals surface area contributed by atoms with Gasteiger partial charge in [0.2, 0.25) is 5.95 Å². The predicted octanol–water partition coefficient (Wildman–Crippen LogP) is 3.39. The second kappa shape index (κ2) is 10.5. The number of aromatic nitrogens is 4. The number of anilines is 2. The minimum Gasteiger partial charge on any atom is -0.309 e. The lowest BCUT2D eigenvalue weighted by Gasteiger charge is -2.19. The number of sulfone groups is 1. The first-order valence-electron chi connectivity index (χ1n) is 13.2. The minimum atomic E-state index is -2.97. The summed E-state index contributed by atoms with van der Waals surface area (Å²) in [5.74, 6) is 1.18. The summed E-state index contributed by atoms with van der Waals surface area (Å²) in [6.07, 6.45) is 9.62. The van der Waals surface area contributed by atoms with E-state index in [1.165, 1.54) is 13.2 Å². The average Bonchev–Trinajstić information content (AvgIpc) is 3.55. The van der Waals surface area contributed by atoms with Crippen LogP contribution in [0.3, 0.4) is 0 Å². The molecule has 1 unspecified atom stereocenters. The Balaban J connectivity index is 1.37. The van der Waals surface area contributed by atoms with Gasteiger partial charge in [0.1, 0.15) is 21.3 Å². The molecule has 0 amide bonds. The van der Waals surface area contributed by atoms with Crippen molar-refractivity contribution >= 4 is 38.4 Å². The van der Waals surface area contributed by atoms with Crippen molar-refractivity contribution in [1.82, 2.24) is 24.4 Å². The molecule has 2 aliphatic rings. The molecular weight excluding hydrogens is 504 g/mol. The molecule has 5 rings (SSSR count). The highest BCUT2D eigenvalue weighted by Crippen LogP contribution is 2.32. The van der Waals surface area contributed by atoms with E-state index in [1.54, 1.807) is 17.7 Å². The zero-order valence-corrected chi connectivity index (χ0v) is 22.9. The van der Waals surface area contributed by atoms with E-state index in [2.05, 4.69) is 20.2 Å². The molecule has 0 radical (unpaired) electrons. The lowest BCUT2D eigenvalue weighted by Crippen LogP contribution is -2.30. The number of hydrogen-bond donors (Lipinski definition) is 1. The quantitative estimate of drug-likeness (QED) is 0.429. The van der Waals surface area contributed by atoms with Crippen LogP contribution in [0.4, 0.5) is 11.8 Å². The molecule has 3 aromatic heterocycles. The van der Waals surface area contributed by atoms with E-state index >= 15 is 0 Å². The lowest BCUT2D eigenvalue weighted by molar-refractivity contribution is 0.101. The zero-order valence-electron chi connectivity index (χ0n) is 22.1. The van der Waals surface area contributed by atoms with Crippen LogP contribution in [0, 0.1) is 6.92 Å². The third-order valence-electron chi connectivity index (χ3n) is 7.80. The molecule has 1 aliphatic heterocycles. The number of fused-ring (bicyclic) bond motifs is 1. The molecule has 0 spiro atoms. The van der Waals surface area contributed by atoms with Gasteiger partial charge in [0.25, 0.3) is 5.56 Å². The van der Waals surface area contributed by atoms with Crippen LogP contribution in [-0.4, -0.2) is 70.3 Å². The summed E-state index contributed by atoms with van der Waals surface area (Å²) in [5, 5.41) is 3.87. The summed E-state index contributed by atoms with van der Waals surface area (Å²) >= 11 is 0. The average molecular weight is 539 g/mol. The lowest BCUT2D eigenvalue weighted by atomic mass is 10.0. The van der Waals surface area contributed by atoms with Gasteiger partial charge in [-0.15, -0.1) is 0 Å². The van der Waals surface area contributed by atoms with Crippen LogP contribution in [0.2, 0.25) is 0 Å². The largest absolute Gasteiger partial charge is 0.309 e. The van der Waals surface area contributed by atoms with Gasteiger partial charge in [-0.25, -0.2) is 18.4 Å². The molecule has 3 aromatic rings. The number of hydrogen-bond acceptors (Lipinski definition) is 9. The summed E-state index contributed by atoms with van der Waals surface area (Å²) in [7, 11) is -2.97. The molecule has 202 valence electrons. The molecule has 0 aromatic carbocycles. The number of carbonyl (C=O) groups is 1. The number of carbonyl (C=O) groups excluding carboxylic acids is 1. The van der Waals surface area contributed by atoms with Crippen molar-refractivity contribution in [3.63, 3.8) is 0 Å². The van der Waals surface area contributed by atoms with Gasteiger partial charge in [0, 0.05) is 43.2 Å². The minimum absolute atomic E-state index is 0.0206. The summed E-state index contributed by atoms with van der Waals surface area (Å²) in [4.78, 5) is 41.6. The number of nitrogens with zero attached hydrogens (tertiary/aromatic N) is 5. The summed E-state index contributed by atoms with van der Waals surface area (Å²) < 4.78 is 24.7. The Hall–Kier alpha value is -3.18. The number of pyridine rings is 2. The maximum absolute atomic E-state index is 13.4. The molecule has 38 heavy (non-hydrogen) atoms. The summed E-state index contributed by atoms with van der Waals surface area (Å²) in [6.45, 7) is 5.46. The van der Waals surface area contributed by atoms with Crippen molar-refractivity contribution in [3.05, 3.63) is 51.6 Å². The smallest absolute Gasteiger partial charge is 0.263 e. The first-order chi connectivity index (χ1) is 18.1. The van der Waals surface area contributed by atoms with Crippen LogP contribution in [-0.2, 0) is 9.84 Å². The Morgan fingerprint density at radius 2 is 1.89 bits per heavy atom. The predicted molar refractivity (Wildman–Crippen MR) is 147 cm³/mol. The van der Waals surface area contributed by atoms with Crippen molar-refractivity contribution in [2.75, 3.05) is 37.0 Å². The molecule has 1 saturated heterocycles. The highest BCUT2D eigenvalue weighted by Gasteiger charge is 2.27. The highest BCUT2D eigenvalue weighted by atomic mass is 32.2. The van der Waals surface area contributed by atoms with Gasteiger partial charge in [-0.1, -0.05) is 18.9 Å². The summed E-state index contributed by atoms with van der Waals surface area (Å²) in [5.41, 5.74) is 2.21. The third-order valence-corrected chi connectivity index (χ3v) is 8.72. The van der Waals surface area contributed by atoms with Crippen molar-refractivity contribution in [2.45, 2.75) is 57.9 Å². The number of rotatable bonds is 8. The maximum Gasteiger partial charge on any atom is 0.263 e. The maximum atomic E-state index is 13.4. The Kier molecular flexibility index (Phi) is 7.32. The van der Waals surface area contributed by atoms with E-state index in [4.69, 9.17) is 4.98 Å². The Morgan fingerprint density at radius 1 is 1.13 bits per heavy atom. The first-order valence-corrected chi connectivity index (χ1v) is 15.2. The highest BCUT2D eigenvalue weighted by molar-refractivity contribution is 7.90. The molecule has 4 heterocycles. The zero-order chi connectivity index (χ0) is 27.0. The monoisotopic (exact) mass is 538 g/mol. The number of likely N-dealkylation sites (tertiary alicyclic amines) is 1. The second-order valence-corrected chi connectivity index (χ2v) is 12.9. The Morgan fingerprint density at radius 3 is 2.55 bits per heavy atom. The van der Waals surface area contributed by atoms with E-state index in [1.807, 2.05) is 18.3 Å². The summed E-state index contributed by atoms with van der Waals surface area (Å²) in [6, 6.07) is 3.93. The number of ketones is 1. The Labute approximate surface area is 222 Å². The molecule has 11 heteroatoms. The Bertz CT molecular complexity index is 1530. The van der Waals surface area contributed by atoms with Crippen molar-refractivity contribution in [2.24, 2.45) is 0 Å². The standard InChI is InChI=1S/C27H34N6O4S/c1-17-22-15-29-27(31-25(22)33(21-6-4-5-7-21)26(35)24(17)18(2)34)30-23-9-8-19(14-28-23)20-10-11-32(16-20)12-13-38(3,36)37/h8-9,14-15,20-21H,4-7,10-13,16H2,1-3H3,(H,28,29,30,31). The molecule has 1 N–H and O–H groups in total. The molecule has 2 fully saturated rings. The van der Waals surface area contributed by atoms with E-state index in [0.717, 1.165) is 50.8 Å². The molecule has 10 nitrogen and oxygen atoms in total. The molecular formula is C27H34N6O4S. The third kappa shape index (κ3) is 5.49. The van der Waals surface area contributed by atoms with Crippen LogP contribution in [0.25, 0.3) is 11.0 Å². The van der Waals surface area contributed by atoms with Gasteiger partial charge in [-0.05, 0) is 62.8 Å². The van der Waals surface area contributed by atoms with Crippen molar-refractivity contribution in [1.29, 1.82) is 0 Å². The topological polar surface area (TPSA) is 127 Å². The molecule has 1 atom stereocenters. The van der Waals surface area contributed by atoms with Crippen molar-refractivity contribution in [3.8, 4) is 0 Å². The molecule has 0 bridgehead atoms. The van der Waals surface area contributed by atoms with E-state index in [-0.39, 0.29) is 28.7 Å². The SMILES string of the molecule is CC(=O)c1c(C)c2cnc(Nc3ccc(C4CCN(CCS(C)(=O)=O)C4)cn3)nc2n(C2CCCC2)c1=O. The number of aryl methyl sites for hydroxylation is 1. The van der Waals surface area contributed by atoms with Gasteiger partial charge < -0.3 is 10.2 Å². The van der Waals surface area contributed by atoms with Gasteiger partial charge in [-0.2, -0.15) is 4.98 Å². The van der Waals surface area contributed by atoms with Gasteiger partial charge in [-0.3, -0.25) is 14.2 Å². The van der Waals surface area contributed by atoms with Crippen LogP contribution >= 0.6 is 0 Å². The van der Waals surface area contributed by atoms with Gasteiger partial charge in [0.05, 0.1) is 11.3 Å².